The fourth-order valence-electron chi connectivity index (χ4n) is 8.25. The lowest BCUT2D eigenvalue weighted by Gasteiger charge is -2.34. The smallest absolute Gasteiger partial charge is 0.306 e. The van der Waals surface area contributed by atoms with Crippen molar-refractivity contribution in [3.8, 4) is 0 Å². The zero-order valence-electron chi connectivity index (χ0n) is 41.8. The van der Waals surface area contributed by atoms with Crippen LogP contribution in [0.2, 0.25) is 0 Å². The van der Waals surface area contributed by atoms with Gasteiger partial charge in [0.2, 0.25) is 0 Å². The largest absolute Gasteiger partial charge is 0.544 e. The van der Waals surface area contributed by atoms with Crippen molar-refractivity contribution in [1.82, 2.24) is 0 Å². The van der Waals surface area contributed by atoms with Crippen LogP contribution in [0.25, 0.3) is 0 Å². The maximum atomic E-state index is 12.8. The van der Waals surface area contributed by atoms with Crippen molar-refractivity contribution in [1.29, 1.82) is 0 Å². The van der Waals surface area contributed by atoms with Crippen LogP contribution in [0.1, 0.15) is 264 Å². The third kappa shape index (κ3) is 43.3. The molecule has 8 nitrogen and oxygen atoms in total. The number of allylic oxidation sites excluding steroid dienone is 2. The Hall–Kier alpha value is -1.93. The predicted molar refractivity (Wildman–Crippen MR) is 259 cm³/mol. The number of nitrogens with zero attached hydrogens (tertiary/aromatic N) is 1. The van der Waals surface area contributed by atoms with Gasteiger partial charge in [-0.15, -0.1) is 0 Å². The second kappa shape index (κ2) is 45.6. The normalized spacial score (nSPS) is 12.9. The van der Waals surface area contributed by atoms with Gasteiger partial charge in [-0.1, -0.05) is 219 Å². The molecule has 0 fully saturated rings. The Bertz CT molecular complexity index is 1020. The van der Waals surface area contributed by atoms with Gasteiger partial charge in [-0.3, -0.25) is 9.59 Å². The average Bonchev–Trinajstić information content (AvgIpc) is 3.23. The summed E-state index contributed by atoms with van der Waals surface area (Å²) < 4.78 is 17.3. The Kier molecular flexibility index (Phi) is 44.2. The second-order valence-electron chi connectivity index (χ2n) is 19.5. The van der Waals surface area contributed by atoms with E-state index in [1.165, 1.54) is 193 Å². The number of rotatable bonds is 49. The van der Waals surface area contributed by atoms with E-state index >= 15 is 0 Å². The van der Waals surface area contributed by atoms with Gasteiger partial charge in [-0.2, -0.15) is 0 Å². The number of carbonyl (C=O) groups is 3. The van der Waals surface area contributed by atoms with E-state index in [1.54, 1.807) is 0 Å². The van der Waals surface area contributed by atoms with Crippen LogP contribution < -0.4 is 5.11 Å². The lowest BCUT2D eigenvalue weighted by Crippen LogP contribution is -2.55. The number of carboxylic acids is 1. The van der Waals surface area contributed by atoms with Gasteiger partial charge in [0, 0.05) is 19.3 Å². The van der Waals surface area contributed by atoms with Crippen LogP contribution in [-0.4, -0.2) is 75.5 Å². The highest BCUT2D eigenvalue weighted by Crippen LogP contribution is 2.17. The highest BCUT2D eigenvalue weighted by atomic mass is 16.6. The number of likely N-dealkylation sites (N-methyl/N-ethyl adjacent to an activating group) is 1. The van der Waals surface area contributed by atoms with Gasteiger partial charge in [0.1, 0.15) is 12.6 Å². The highest BCUT2D eigenvalue weighted by molar-refractivity contribution is 5.70. The van der Waals surface area contributed by atoms with Gasteiger partial charge in [-0.25, -0.2) is 0 Å². The minimum Gasteiger partial charge on any atom is -0.544 e. The van der Waals surface area contributed by atoms with Crippen LogP contribution in [0, 0.1) is 0 Å². The highest BCUT2D eigenvalue weighted by Gasteiger charge is 2.25. The molecule has 2 unspecified atom stereocenters. The molecule has 0 saturated carbocycles. The van der Waals surface area contributed by atoms with Crippen molar-refractivity contribution in [2.75, 3.05) is 41.0 Å². The minimum atomic E-state index is -1.12. The molecule has 366 valence electrons. The summed E-state index contributed by atoms with van der Waals surface area (Å²) in [7, 11) is 5.43. The summed E-state index contributed by atoms with van der Waals surface area (Å²) in [5, 5.41) is 11.7. The number of unbranched alkanes of at least 4 members (excludes halogenated alkanes) is 33. The molecule has 2 atom stereocenters. The van der Waals surface area contributed by atoms with E-state index in [4.69, 9.17) is 14.2 Å². The molecule has 0 heterocycles. The predicted octanol–water partition coefficient (Wildman–Crippen LogP) is 14.1. The zero-order valence-corrected chi connectivity index (χ0v) is 41.8. The topological polar surface area (TPSA) is 102 Å². The van der Waals surface area contributed by atoms with Gasteiger partial charge in [0.25, 0.3) is 0 Å². The van der Waals surface area contributed by atoms with Crippen LogP contribution in [0.4, 0.5) is 0 Å². The molecule has 0 N–H and O–H groups in total. The molecule has 0 aliphatic carbocycles. The summed E-state index contributed by atoms with van der Waals surface area (Å²) in [4.78, 5) is 37.0. The molecule has 0 rings (SSSR count). The Labute approximate surface area is 384 Å². The standard InChI is InChI=1S/C54H103NO7/c1-6-8-10-12-14-16-18-20-22-23-24-25-26-27-28-29-31-32-34-36-38-40-42-44-52(56)61-49-50(48-60-47-46-51(54(58)59)55(3,4)5)62-53(57)45-43-41-39-37-35-33-30-21-19-17-15-13-11-9-7-2/h17,19,50-51H,6-16,18,20-49H2,1-5H3/b19-17+. The Morgan fingerprint density at radius 1 is 0.468 bits per heavy atom. The number of aliphatic carboxylic acids is 1. The molecule has 0 aromatic rings. The summed E-state index contributed by atoms with van der Waals surface area (Å²) in [6.07, 6.45) is 51.0. The van der Waals surface area contributed by atoms with Crippen LogP contribution >= 0.6 is 0 Å². The van der Waals surface area contributed by atoms with Crippen molar-refractivity contribution in [3.63, 3.8) is 0 Å². The molecule has 0 aromatic heterocycles. The van der Waals surface area contributed by atoms with E-state index < -0.39 is 18.1 Å². The summed E-state index contributed by atoms with van der Waals surface area (Å²) in [6, 6.07) is -0.723. The Morgan fingerprint density at radius 2 is 0.806 bits per heavy atom. The molecule has 0 saturated heterocycles. The Balaban J connectivity index is 4.13. The first-order valence-electron chi connectivity index (χ1n) is 26.7. The van der Waals surface area contributed by atoms with Crippen LogP contribution in [0.5, 0.6) is 0 Å². The molecular weight excluding hydrogens is 775 g/mol. The SMILES string of the molecule is CCCCCC/C=C/CCCCCCCCCC(=O)OC(COCCC(C(=O)[O-])[N+](C)(C)C)COC(=O)CCCCCCCCCCCCCCCCCCCCCCCCC. The molecule has 0 radical (unpaired) electrons. The fourth-order valence-corrected chi connectivity index (χ4v) is 8.25. The molecule has 0 aliphatic rings. The van der Waals surface area contributed by atoms with Gasteiger partial charge in [0.15, 0.2) is 6.10 Å². The molecule has 0 bridgehead atoms. The van der Waals surface area contributed by atoms with E-state index in [9.17, 15) is 19.5 Å². The zero-order chi connectivity index (χ0) is 45.6. The van der Waals surface area contributed by atoms with Gasteiger partial charge >= 0.3 is 11.9 Å². The average molecular weight is 878 g/mol. The maximum Gasteiger partial charge on any atom is 0.306 e. The molecule has 0 amide bonds. The van der Waals surface area contributed by atoms with E-state index in [0.29, 0.717) is 12.8 Å². The first-order valence-corrected chi connectivity index (χ1v) is 26.7. The Morgan fingerprint density at radius 3 is 1.18 bits per heavy atom. The van der Waals surface area contributed by atoms with Crippen molar-refractivity contribution >= 4 is 17.9 Å². The van der Waals surface area contributed by atoms with Crippen molar-refractivity contribution in [2.45, 2.75) is 276 Å². The van der Waals surface area contributed by atoms with E-state index in [2.05, 4.69) is 26.0 Å². The molecule has 8 heteroatoms. The lowest BCUT2D eigenvalue weighted by molar-refractivity contribution is -0.889. The number of esters is 2. The van der Waals surface area contributed by atoms with Gasteiger partial charge in [-0.05, 0) is 38.5 Å². The summed E-state index contributed by atoms with van der Waals surface area (Å²) in [5.74, 6) is -1.72. The third-order valence-electron chi connectivity index (χ3n) is 12.4. The molecular formula is C54H103NO7. The molecule has 0 aliphatic heterocycles. The summed E-state index contributed by atoms with van der Waals surface area (Å²) >= 11 is 0. The number of hydrogen-bond donors (Lipinski definition) is 0. The third-order valence-corrected chi connectivity index (χ3v) is 12.4. The molecule has 0 spiro atoms. The van der Waals surface area contributed by atoms with Crippen molar-refractivity contribution in [2.24, 2.45) is 0 Å². The monoisotopic (exact) mass is 878 g/mol. The number of carbonyl (C=O) groups excluding carboxylic acids is 3. The number of quaternary nitrogens is 1. The van der Waals surface area contributed by atoms with Crippen LogP contribution in [0.15, 0.2) is 12.2 Å². The molecule has 0 aromatic carbocycles. The van der Waals surface area contributed by atoms with E-state index in [0.717, 1.165) is 38.5 Å². The first kappa shape index (κ1) is 60.1. The van der Waals surface area contributed by atoms with Gasteiger partial charge < -0.3 is 28.6 Å². The van der Waals surface area contributed by atoms with Crippen LogP contribution in [0.3, 0.4) is 0 Å². The summed E-state index contributed by atoms with van der Waals surface area (Å²) in [6.45, 7) is 4.70. The number of carboxylic acid groups (broad SMARTS) is 1. The number of ether oxygens (including phenoxy) is 3. The van der Waals surface area contributed by atoms with Crippen molar-refractivity contribution in [3.05, 3.63) is 12.2 Å². The van der Waals surface area contributed by atoms with Crippen LogP contribution in [-0.2, 0) is 28.6 Å². The first-order chi connectivity index (χ1) is 30.1. The minimum absolute atomic E-state index is 0.0451. The van der Waals surface area contributed by atoms with E-state index in [-0.39, 0.29) is 42.7 Å². The van der Waals surface area contributed by atoms with Crippen molar-refractivity contribution < 1.29 is 38.2 Å². The maximum absolute atomic E-state index is 12.8. The second-order valence-corrected chi connectivity index (χ2v) is 19.5. The number of hydrogen-bond acceptors (Lipinski definition) is 7. The van der Waals surface area contributed by atoms with Gasteiger partial charge in [0.05, 0.1) is 40.3 Å². The summed E-state index contributed by atoms with van der Waals surface area (Å²) in [5.41, 5.74) is 0. The van der Waals surface area contributed by atoms with E-state index in [1.807, 2.05) is 21.1 Å². The lowest BCUT2D eigenvalue weighted by atomic mass is 10.0. The quantitative estimate of drug-likeness (QED) is 0.0260. The fraction of sp³-hybridized carbons (Fsp3) is 0.907. The molecule has 62 heavy (non-hydrogen) atoms.